The van der Waals surface area contributed by atoms with Crippen molar-refractivity contribution >= 4 is 71.0 Å². The molecule has 6 saturated heterocycles. The molecule has 0 aromatic heterocycles. The van der Waals surface area contributed by atoms with Crippen LogP contribution in [0.25, 0.3) is 0 Å². The largest absolute Gasteiger partial charge is 0.370 e. The first kappa shape index (κ1) is 55.5. The Kier molecular flexibility index (Phi) is 19.6. The second-order valence-corrected chi connectivity index (χ2v) is 19.6. The maximum atomic E-state index is 14.3. The van der Waals surface area contributed by atoms with Crippen LogP contribution in [-0.2, 0) is 47.9 Å². The van der Waals surface area contributed by atoms with Crippen molar-refractivity contribution in [2.24, 2.45) is 44.4 Å². The number of rotatable bonds is 21. The maximum absolute atomic E-state index is 14.3. The quantitative estimate of drug-likeness (QED) is 0.0294. The van der Waals surface area contributed by atoms with Crippen molar-refractivity contribution in [3.05, 3.63) is 0 Å². The van der Waals surface area contributed by atoms with Crippen molar-refractivity contribution in [2.75, 3.05) is 65.4 Å². The van der Waals surface area contributed by atoms with Crippen LogP contribution in [0.4, 0.5) is 0 Å². The number of likely N-dealkylation sites (tertiary alicyclic amines) is 6. The van der Waals surface area contributed by atoms with E-state index in [0.29, 0.717) is 96.6 Å². The van der Waals surface area contributed by atoms with Crippen LogP contribution < -0.4 is 50.4 Å². The fourth-order valence-electron chi connectivity index (χ4n) is 11.2. The zero-order chi connectivity index (χ0) is 52.9. The van der Waals surface area contributed by atoms with E-state index in [4.69, 9.17) is 34.4 Å². The highest BCUT2D eigenvalue weighted by molar-refractivity contribution is 5.99. The van der Waals surface area contributed by atoms with Crippen LogP contribution in [0.5, 0.6) is 0 Å². The minimum atomic E-state index is -1.17. The Hall–Kier alpha value is -6.80. The molecule has 10 amide bonds. The Morgan fingerprint density at radius 1 is 0.452 bits per heavy atom. The van der Waals surface area contributed by atoms with Crippen molar-refractivity contribution in [3.8, 4) is 0 Å². The number of carbonyl (C=O) groups excluding carboxylic acids is 10. The average Bonchev–Trinajstić information content (AvgIpc) is 4.23. The fourth-order valence-corrected chi connectivity index (χ4v) is 11.2. The Labute approximate surface area is 424 Å². The Morgan fingerprint density at radius 2 is 0.781 bits per heavy atom. The zero-order valence-corrected chi connectivity index (χ0v) is 41.6. The van der Waals surface area contributed by atoms with Gasteiger partial charge in [0.15, 0.2) is 11.9 Å². The summed E-state index contributed by atoms with van der Waals surface area (Å²) < 4.78 is 0. The smallest absolute Gasteiger partial charge is 0.246 e. The lowest BCUT2D eigenvalue weighted by Gasteiger charge is -2.34. The normalized spacial score (nSPS) is 24.5. The number of guanidine groups is 2. The van der Waals surface area contributed by atoms with Gasteiger partial charge in [0.1, 0.15) is 48.3 Å². The Bertz CT molecular complexity index is 2150. The zero-order valence-electron chi connectivity index (χ0n) is 41.6. The van der Waals surface area contributed by atoms with Gasteiger partial charge < -0.3 is 79.8 Å². The van der Waals surface area contributed by atoms with E-state index in [9.17, 15) is 47.9 Å². The van der Waals surface area contributed by atoms with Gasteiger partial charge in [-0.3, -0.25) is 57.9 Å². The molecule has 6 aliphatic heterocycles. The minimum absolute atomic E-state index is 0.0642. The molecule has 0 aliphatic carbocycles. The molecule has 0 radical (unpaired) electrons. The van der Waals surface area contributed by atoms with Gasteiger partial charge in [0.2, 0.25) is 59.1 Å². The molecule has 0 saturated carbocycles. The molecule has 8 atom stereocenters. The second-order valence-electron chi connectivity index (χ2n) is 19.6. The number of hydrogen-bond donors (Lipinski definition) is 9. The molecule has 73 heavy (non-hydrogen) atoms. The van der Waals surface area contributed by atoms with E-state index in [1.807, 2.05) is 0 Å². The summed E-state index contributed by atoms with van der Waals surface area (Å²) in [5.74, 6) is -5.24. The topological polar surface area (TPSA) is 407 Å². The van der Waals surface area contributed by atoms with Crippen LogP contribution in [0.2, 0.25) is 0 Å². The van der Waals surface area contributed by atoms with Crippen LogP contribution in [0.15, 0.2) is 9.98 Å². The summed E-state index contributed by atoms with van der Waals surface area (Å²) >= 11 is 0. The van der Waals surface area contributed by atoms with E-state index >= 15 is 0 Å². The minimum Gasteiger partial charge on any atom is -0.370 e. The van der Waals surface area contributed by atoms with Gasteiger partial charge in [-0.15, -0.1) is 0 Å². The summed E-state index contributed by atoms with van der Waals surface area (Å²) in [4.78, 5) is 153. The molecule has 0 aromatic carbocycles. The molecular weight excluding hydrogens is 951 g/mol. The number of nitrogens with one attached hydrogen (secondary N) is 3. The van der Waals surface area contributed by atoms with Crippen LogP contribution >= 0.6 is 0 Å². The fraction of sp³-hybridized carbons (Fsp3) is 0.739. The molecular formula is C46H75N17O10. The van der Waals surface area contributed by atoms with Gasteiger partial charge in [-0.05, 0) is 103 Å². The number of aliphatic imine (C=N–C) groups is 2. The van der Waals surface area contributed by atoms with Gasteiger partial charge >= 0.3 is 0 Å². The van der Waals surface area contributed by atoms with Gasteiger partial charge in [-0.1, -0.05) is 0 Å². The first-order chi connectivity index (χ1) is 34.9. The van der Waals surface area contributed by atoms with Crippen molar-refractivity contribution in [3.63, 3.8) is 0 Å². The van der Waals surface area contributed by atoms with Gasteiger partial charge in [0.05, 0.1) is 13.1 Å². The van der Waals surface area contributed by atoms with Gasteiger partial charge in [-0.2, -0.15) is 0 Å². The molecule has 404 valence electrons. The molecule has 27 heteroatoms. The molecule has 0 spiro atoms. The predicted octanol–water partition coefficient (Wildman–Crippen LogP) is -5.43. The van der Waals surface area contributed by atoms with Crippen molar-refractivity contribution in [2.45, 2.75) is 151 Å². The predicted molar refractivity (Wildman–Crippen MR) is 263 cm³/mol. The monoisotopic (exact) mass is 1030 g/mol. The number of amides is 10. The molecule has 0 bridgehead atoms. The third-order valence-electron chi connectivity index (χ3n) is 14.8. The van der Waals surface area contributed by atoms with Crippen LogP contribution in [0, 0.1) is 0 Å². The summed E-state index contributed by atoms with van der Waals surface area (Å²) in [7, 11) is 0. The third-order valence-corrected chi connectivity index (χ3v) is 14.8. The van der Waals surface area contributed by atoms with Crippen molar-refractivity contribution in [1.82, 2.24) is 45.3 Å². The molecule has 6 heterocycles. The molecule has 6 rings (SSSR count). The average molecular weight is 1030 g/mol. The van der Waals surface area contributed by atoms with E-state index in [2.05, 4.69) is 25.9 Å². The van der Waals surface area contributed by atoms with E-state index in [1.54, 1.807) is 0 Å². The first-order valence-electron chi connectivity index (χ1n) is 25.7. The highest BCUT2D eigenvalue weighted by atomic mass is 16.2. The summed E-state index contributed by atoms with van der Waals surface area (Å²) in [6.45, 7) is 1.37. The number of primary amides is 1. The van der Waals surface area contributed by atoms with E-state index in [-0.39, 0.29) is 94.7 Å². The van der Waals surface area contributed by atoms with Crippen LogP contribution in [-0.4, -0.2) is 214 Å². The summed E-state index contributed by atoms with van der Waals surface area (Å²) in [5.41, 5.74) is 33.0. The highest BCUT2D eigenvalue weighted by Gasteiger charge is 2.48. The van der Waals surface area contributed by atoms with Gasteiger partial charge in [0, 0.05) is 52.4 Å². The lowest BCUT2D eigenvalue weighted by molar-refractivity contribution is -0.150. The Balaban J connectivity index is 1.05. The summed E-state index contributed by atoms with van der Waals surface area (Å²) in [6.07, 6.45) is 6.30. The molecule has 6 aliphatic rings. The van der Waals surface area contributed by atoms with Crippen LogP contribution in [0.1, 0.15) is 103 Å². The second kappa shape index (κ2) is 25.7. The molecule has 0 aromatic rings. The summed E-state index contributed by atoms with van der Waals surface area (Å²) in [5, 5.41) is 8.09. The number of nitrogens with two attached hydrogens (primary N) is 6. The molecule has 6 fully saturated rings. The third kappa shape index (κ3) is 13.6. The summed E-state index contributed by atoms with van der Waals surface area (Å²) in [6, 6.07) is -7.34. The standard InChI is InChI=1S/C46H75N17O10/c47-25-35(64)58-19-5-13-31(58)41(70)62-23-7-15-33(62)44(73)61-22-4-12-30(61)40(69)57-28(10-2-18-54-46(51)52)38(67)55-26-36(65)59-20-6-14-32(59)42(71)63-24-8-16-34(63)43(72)60-21-3-11-29(60)39(68)56-27(37(48)66)9-1-17-53-45(49)50/h27-34H,1-26,47H2,(H2,48,66)(H,55,67)(H,56,68)(H,57,69)(H4,49,50,53)(H4,51,52,54)/t27-,28-,29-,30-,31-,32-,33-,34-/m0/s1. The number of hydrogen-bond acceptors (Lipinski definition) is 13. The first-order valence-corrected chi connectivity index (χ1v) is 25.7. The molecule has 0 unspecified atom stereocenters. The molecule has 27 nitrogen and oxygen atoms in total. The van der Waals surface area contributed by atoms with E-state index in [1.165, 1.54) is 29.4 Å². The maximum Gasteiger partial charge on any atom is 0.246 e. The van der Waals surface area contributed by atoms with Crippen LogP contribution in [0.3, 0.4) is 0 Å². The van der Waals surface area contributed by atoms with E-state index < -0.39 is 96.2 Å². The lowest BCUT2D eigenvalue weighted by atomic mass is 10.1. The van der Waals surface area contributed by atoms with Crippen molar-refractivity contribution in [1.29, 1.82) is 0 Å². The lowest BCUT2D eigenvalue weighted by Crippen LogP contribution is -2.58. The Morgan fingerprint density at radius 3 is 1.16 bits per heavy atom. The molecule has 15 N–H and O–H groups in total. The van der Waals surface area contributed by atoms with Gasteiger partial charge in [0.25, 0.3) is 0 Å². The van der Waals surface area contributed by atoms with Gasteiger partial charge in [-0.25, -0.2) is 0 Å². The highest BCUT2D eigenvalue weighted by Crippen LogP contribution is 2.31. The number of carbonyl (C=O) groups is 10. The van der Waals surface area contributed by atoms with E-state index in [0.717, 1.165) is 0 Å². The SMILES string of the molecule is NCC(=O)N1CCC[C@H]1C(=O)N1CCC[C@H]1C(=O)N1CCC[C@H]1C(=O)N[C@@H](CCCN=C(N)N)C(=O)NCC(=O)N1CCC[C@H]1C(=O)N1CCC[C@H]1C(=O)N1CCC[C@H]1C(=O)N[C@@H](CCCN=C(N)N)C(N)=O. The van der Waals surface area contributed by atoms with Crippen molar-refractivity contribution < 1.29 is 47.9 Å². The number of nitrogens with zero attached hydrogens (tertiary/aromatic N) is 8.